The van der Waals surface area contributed by atoms with E-state index in [1.54, 1.807) is 36.4 Å². The number of aliphatic hydroxyl groups excluding tert-OH is 1. The Morgan fingerprint density at radius 1 is 1.10 bits per heavy atom. The van der Waals surface area contributed by atoms with Crippen LogP contribution in [-0.4, -0.2) is 88.7 Å². The number of aliphatic carboxylic acids is 1. The number of carboxylic acids is 1. The minimum absolute atomic E-state index is 0.0217. The number of allylic oxidation sites excluding steroid dienone is 2. The summed E-state index contributed by atoms with van der Waals surface area (Å²) in [5, 5.41) is 19.7. The number of alkyl halides is 4. The Labute approximate surface area is 236 Å². The molecule has 4 unspecified atom stereocenters. The molecule has 11 heteroatoms. The molecule has 7 nitrogen and oxygen atoms in total. The number of β-amino-alcohol motifs (C(OH)–C–C–N with tert-alkyl or cyclic N) is 1. The number of benzene rings is 1. The summed E-state index contributed by atoms with van der Waals surface area (Å²) in [6.07, 6.45) is 1.01. The van der Waals surface area contributed by atoms with Crippen LogP contribution in [0.25, 0.3) is 0 Å². The normalized spacial score (nSPS) is 30.5. The van der Waals surface area contributed by atoms with E-state index in [2.05, 4.69) is 0 Å². The van der Waals surface area contributed by atoms with Crippen LogP contribution in [0.3, 0.4) is 0 Å². The van der Waals surface area contributed by atoms with E-state index in [0.717, 1.165) is 11.0 Å². The molecule has 4 aliphatic rings. The number of halogens is 4. The van der Waals surface area contributed by atoms with Gasteiger partial charge < -0.3 is 24.7 Å². The van der Waals surface area contributed by atoms with Crippen molar-refractivity contribution < 1.29 is 42.1 Å². The Morgan fingerprint density at radius 3 is 2.37 bits per heavy atom. The van der Waals surface area contributed by atoms with Crippen LogP contribution in [-0.2, 0) is 14.3 Å². The van der Waals surface area contributed by atoms with E-state index in [-0.39, 0.29) is 50.6 Å². The van der Waals surface area contributed by atoms with Gasteiger partial charge in [-0.25, -0.2) is 9.18 Å². The van der Waals surface area contributed by atoms with Gasteiger partial charge in [0.15, 0.2) is 0 Å². The van der Waals surface area contributed by atoms with Crippen LogP contribution in [0.4, 0.5) is 17.6 Å². The molecule has 224 valence electrons. The van der Waals surface area contributed by atoms with Gasteiger partial charge in [-0.1, -0.05) is 42.8 Å². The van der Waals surface area contributed by atoms with Gasteiger partial charge in [0.1, 0.15) is 11.8 Å². The lowest BCUT2D eigenvalue weighted by atomic mass is 9.67. The molecule has 1 amide bonds. The molecule has 0 spiro atoms. The second-order valence-electron chi connectivity index (χ2n) is 11.9. The second-order valence-corrected chi connectivity index (χ2v) is 11.9. The molecule has 2 aliphatic heterocycles. The highest BCUT2D eigenvalue weighted by atomic mass is 19.4. The Morgan fingerprint density at radius 2 is 1.78 bits per heavy atom. The minimum atomic E-state index is -4.20. The van der Waals surface area contributed by atoms with Gasteiger partial charge in [-0.15, -0.1) is 0 Å². The topological polar surface area (TPSA) is 90.3 Å². The quantitative estimate of drug-likeness (QED) is 0.442. The molecule has 1 aromatic carbocycles. The van der Waals surface area contributed by atoms with Crippen molar-refractivity contribution in [3.8, 4) is 0 Å². The maximum Gasteiger partial charge on any atom is 0.395 e. The molecule has 2 N–H and O–H groups in total. The zero-order valence-corrected chi connectivity index (χ0v) is 22.7. The Hall–Kier alpha value is -2.92. The van der Waals surface area contributed by atoms with Crippen molar-refractivity contribution in [2.45, 2.75) is 68.4 Å². The van der Waals surface area contributed by atoms with Crippen molar-refractivity contribution >= 4 is 11.9 Å². The Bertz CT molecular complexity index is 1180. The number of amides is 1. The highest BCUT2D eigenvalue weighted by molar-refractivity contribution is 5.93. The van der Waals surface area contributed by atoms with Gasteiger partial charge in [-0.3, -0.25) is 4.79 Å². The number of hydrogen-bond donors (Lipinski definition) is 2. The molecule has 3 fully saturated rings. The van der Waals surface area contributed by atoms with Crippen molar-refractivity contribution in [2.24, 2.45) is 11.3 Å². The average Bonchev–Trinajstić information content (AvgIpc) is 3.31. The van der Waals surface area contributed by atoms with E-state index in [0.29, 0.717) is 37.9 Å². The molecule has 2 saturated heterocycles. The van der Waals surface area contributed by atoms with Gasteiger partial charge in [-0.2, -0.15) is 13.2 Å². The highest BCUT2D eigenvalue weighted by Crippen LogP contribution is 2.53. The first-order valence-electron chi connectivity index (χ1n) is 14.2. The predicted molar refractivity (Wildman–Crippen MR) is 141 cm³/mol. The summed E-state index contributed by atoms with van der Waals surface area (Å²) < 4.78 is 63.6. The van der Waals surface area contributed by atoms with E-state index in [9.17, 15) is 33.0 Å². The van der Waals surface area contributed by atoms with Crippen molar-refractivity contribution in [1.82, 2.24) is 9.80 Å². The molecular weight excluding hydrogens is 544 g/mol. The van der Waals surface area contributed by atoms with Crippen LogP contribution in [0.5, 0.6) is 0 Å². The third-order valence-electron chi connectivity index (χ3n) is 9.20. The summed E-state index contributed by atoms with van der Waals surface area (Å²) in [5.41, 5.74) is -3.72. The molecule has 1 saturated carbocycles. The smallest absolute Gasteiger partial charge is 0.395 e. The molecule has 0 bridgehead atoms. The number of hydrogen-bond acceptors (Lipinski definition) is 5. The van der Waals surface area contributed by atoms with Gasteiger partial charge in [0.25, 0.3) is 5.91 Å². The molecule has 4 atom stereocenters. The molecule has 0 radical (unpaired) electrons. The molecule has 41 heavy (non-hydrogen) atoms. The van der Waals surface area contributed by atoms with E-state index < -0.39 is 47.2 Å². The molecule has 2 heterocycles. The summed E-state index contributed by atoms with van der Waals surface area (Å²) in [6, 6.07) is 7.23. The third-order valence-corrected chi connectivity index (χ3v) is 9.20. The standard InChI is InChI=1S/C30H36F4N2O5/c31-29(27(40)36-17-22(37)15-25(36)26(38)39)16-23(7-8-24(29)21-5-2-1-3-6-21)41-18-20-9-13-35(14-10-20)19-28(11-4-12-28)30(32,33)34/h1-3,5-8,16,20,22,24-25,37H,4,9-15,17-19H2,(H,38,39). The van der Waals surface area contributed by atoms with E-state index in [4.69, 9.17) is 4.74 Å². The third kappa shape index (κ3) is 5.88. The lowest BCUT2D eigenvalue weighted by Crippen LogP contribution is -2.53. The number of rotatable bonds is 8. The van der Waals surface area contributed by atoms with E-state index in [1.807, 2.05) is 4.90 Å². The van der Waals surface area contributed by atoms with Crippen LogP contribution in [0.2, 0.25) is 0 Å². The number of ether oxygens (including phenoxy) is 1. The summed E-state index contributed by atoms with van der Waals surface area (Å²) in [6.45, 7) is 1.00. The fourth-order valence-corrected chi connectivity index (χ4v) is 6.56. The zero-order valence-electron chi connectivity index (χ0n) is 22.7. The van der Waals surface area contributed by atoms with E-state index in [1.165, 1.54) is 6.08 Å². The highest BCUT2D eigenvalue weighted by Gasteiger charge is 2.58. The fraction of sp³-hybridized carbons (Fsp3) is 0.600. The summed E-state index contributed by atoms with van der Waals surface area (Å²) in [4.78, 5) is 28.2. The summed E-state index contributed by atoms with van der Waals surface area (Å²) in [5.74, 6) is -3.21. The Kier molecular flexibility index (Phi) is 8.22. The second kappa shape index (κ2) is 11.4. The minimum Gasteiger partial charge on any atom is -0.494 e. The molecular formula is C30H36F4N2O5. The van der Waals surface area contributed by atoms with Gasteiger partial charge in [0, 0.05) is 31.5 Å². The summed E-state index contributed by atoms with van der Waals surface area (Å²) in [7, 11) is 0. The lowest BCUT2D eigenvalue weighted by Gasteiger charge is -2.47. The molecule has 2 aliphatic carbocycles. The van der Waals surface area contributed by atoms with Crippen LogP contribution >= 0.6 is 0 Å². The first-order valence-corrected chi connectivity index (χ1v) is 14.2. The number of carbonyl (C=O) groups is 2. The number of nitrogens with zero attached hydrogens (tertiary/aromatic N) is 2. The maximum atomic E-state index is 16.9. The number of carbonyl (C=O) groups excluding carboxylic acids is 1. The number of likely N-dealkylation sites (tertiary alicyclic amines) is 2. The molecule has 5 rings (SSSR count). The first kappa shape index (κ1) is 29.6. The number of aliphatic hydroxyl groups is 1. The van der Waals surface area contributed by atoms with Gasteiger partial charge >= 0.3 is 12.1 Å². The summed E-state index contributed by atoms with van der Waals surface area (Å²) >= 11 is 0. The van der Waals surface area contributed by atoms with Crippen molar-refractivity contribution in [1.29, 1.82) is 0 Å². The SMILES string of the molecule is O=C(O)C1CC(O)CN1C(=O)C1(F)C=C(OCC2CCN(CC3(C(F)(F)F)CCC3)CC2)C=CC1c1ccccc1. The van der Waals surface area contributed by atoms with Crippen molar-refractivity contribution in [2.75, 3.05) is 32.8 Å². The number of carboxylic acid groups (broad SMARTS) is 1. The van der Waals surface area contributed by atoms with Crippen molar-refractivity contribution in [3.05, 3.63) is 59.9 Å². The van der Waals surface area contributed by atoms with Gasteiger partial charge in [-0.05, 0) is 56.3 Å². The maximum absolute atomic E-state index is 16.9. The van der Waals surface area contributed by atoms with Gasteiger partial charge in [0.2, 0.25) is 5.67 Å². The van der Waals surface area contributed by atoms with Crippen LogP contribution in [0, 0.1) is 11.3 Å². The average molecular weight is 581 g/mol. The lowest BCUT2D eigenvalue weighted by molar-refractivity contribution is -0.256. The first-order chi connectivity index (χ1) is 19.4. The van der Waals surface area contributed by atoms with Crippen LogP contribution in [0.15, 0.2) is 54.3 Å². The fourth-order valence-electron chi connectivity index (χ4n) is 6.56. The van der Waals surface area contributed by atoms with Crippen LogP contribution in [0.1, 0.15) is 50.0 Å². The van der Waals surface area contributed by atoms with E-state index >= 15 is 4.39 Å². The van der Waals surface area contributed by atoms with Crippen molar-refractivity contribution in [3.63, 3.8) is 0 Å². The zero-order chi connectivity index (χ0) is 29.4. The Balaban J connectivity index is 1.26. The van der Waals surface area contributed by atoms with Gasteiger partial charge in [0.05, 0.1) is 18.1 Å². The molecule has 0 aromatic heterocycles. The van der Waals surface area contributed by atoms with Crippen LogP contribution < -0.4 is 0 Å². The number of piperidine rings is 1. The predicted octanol–water partition coefficient (Wildman–Crippen LogP) is 4.44. The largest absolute Gasteiger partial charge is 0.494 e. The monoisotopic (exact) mass is 580 g/mol. The molecule has 1 aromatic rings.